The monoisotopic (exact) mass is 398 g/mol. The Bertz CT molecular complexity index is 575. The van der Waals surface area contributed by atoms with Crippen molar-refractivity contribution in [1.82, 2.24) is 10.2 Å². The molecule has 0 aromatic heterocycles. The molecular weight excluding hydrogens is 372 g/mol. The van der Waals surface area contributed by atoms with Gasteiger partial charge in [0.25, 0.3) is 0 Å². The van der Waals surface area contributed by atoms with Crippen molar-refractivity contribution >= 4 is 35.2 Å². The van der Waals surface area contributed by atoms with Crippen LogP contribution in [-0.2, 0) is 14.3 Å². The minimum Gasteiger partial charge on any atom is -0.382 e. The number of amides is 2. The smallest absolute Gasteiger partial charge is 0.232 e. The summed E-state index contributed by atoms with van der Waals surface area (Å²) in [5.41, 5.74) is 0. The number of halogens is 1. The molecule has 26 heavy (non-hydrogen) atoms. The van der Waals surface area contributed by atoms with Gasteiger partial charge in [-0.05, 0) is 50.5 Å². The molecule has 1 aliphatic heterocycles. The van der Waals surface area contributed by atoms with E-state index in [0.29, 0.717) is 43.6 Å². The van der Waals surface area contributed by atoms with Crippen molar-refractivity contribution < 1.29 is 14.3 Å². The lowest BCUT2D eigenvalue weighted by Gasteiger charge is -2.31. The van der Waals surface area contributed by atoms with Crippen molar-refractivity contribution in [2.45, 2.75) is 31.1 Å². The fourth-order valence-corrected chi connectivity index (χ4v) is 3.76. The van der Waals surface area contributed by atoms with Gasteiger partial charge in [0, 0.05) is 48.7 Å². The molecule has 0 radical (unpaired) electrons. The first-order valence-electron chi connectivity index (χ1n) is 9.11. The number of likely N-dealkylation sites (tertiary alicyclic amines) is 1. The maximum Gasteiger partial charge on any atom is 0.232 e. The van der Waals surface area contributed by atoms with E-state index in [4.69, 9.17) is 16.3 Å². The third-order valence-corrected chi connectivity index (χ3v) is 5.61. The molecule has 1 fully saturated rings. The summed E-state index contributed by atoms with van der Waals surface area (Å²) in [6.45, 7) is 5.29. The number of rotatable bonds is 9. The second-order valence-corrected chi connectivity index (χ2v) is 7.72. The van der Waals surface area contributed by atoms with Crippen LogP contribution >= 0.6 is 23.4 Å². The molecule has 7 heteroatoms. The van der Waals surface area contributed by atoms with Crippen LogP contribution in [0.25, 0.3) is 0 Å². The Morgan fingerprint density at radius 3 is 2.62 bits per heavy atom. The average Bonchev–Trinajstić information content (AvgIpc) is 2.67. The third-order valence-electron chi connectivity index (χ3n) is 4.36. The van der Waals surface area contributed by atoms with E-state index < -0.39 is 0 Å². The SMILES string of the molecule is CCOCCCNC(=O)C1CCN(C(=O)CSc2ccc(Cl)cc2)CC1. The van der Waals surface area contributed by atoms with Crippen molar-refractivity contribution in [2.75, 3.05) is 38.6 Å². The Kier molecular flexibility index (Phi) is 9.29. The molecular formula is C19H27ClN2O3S. The van der Waals surface area contributed by atoms with Crippen LogP contribution in [0, 0.1) is 5.92 Å². The Hall–Kier alpha value is -1.24. The van der Waals surface area contributed by atoms with E-state index in [-0.39, 0.29) is 17.7 Å². The summed E-state index contributed by atoms with van der Waals surface area (Å²) < 4.78 is 5.26. The van der Waals surface area contributed by atoms with Gasteiger partial charge < -0.3 is 15.0 Å². The molecule has 1 saturated heterocycles. The Labute approximate surface area is 164 Å². The molecule has 2 rings (SSSR count). The van der Waals surface area contributed by atoms with Crippen LogP contribution in [0.2, 0.25) is 5.02 Å². The lowest BCUT2D eigenvalue weighted by molar-refractivity contribution is -0.133. The van der Waals surface area contributed by atoms with Gasteiger partial charge in [0.1, 0.15) is 0 Å². The van der Waals surface area contributed by atoms with Crippen LogP contribution in [-0.4, -0.2) is 55.3 Å². The molecule has 0 aliphatic carbocycles. The summed E-state index contributed by atoms with van der Waals surface area (Å²) in [5, 5.41) is 3.66. The topological polar surface area (TPSA) is 58.6 Å². The number of hydrogen-bond donors (Lipinski definition) is 1. The van der Waals surface area contributed by atoms with E-state index in [9.17, 15) is 9.59 Å². The van der Waals surface area contributed by atoms with Gasteiger partial charge in [-0.15, -0.1) is 11.8 Å². The zero-order valence-corrected chi connectivity index (χ0v) is 16.8. The number of carbonyl (C=O) groups is 2. The summed E-state index contributed by atoms with van der Waals surface area (Å²) in [4.78, 5) is 27.4. The highest BCUT2D eigenvalue weighted by Gasteiger charge is 2.26. The maximum atomic E-state index is 12.4. The largest absolute Gasteiger partial charge is 0.382 e. The first-order valence-corrected chi connectivity index (χ1v) is 10.5. The molecule has 1 aromatic carbocycles. The van der Waals surface area contributed by atoms with Crippen molar-refractivity contribution in [2.24, 2.45) is 5.92 Å². The molecule has 144 valence electrons. The van der Waals surface area contributed by atoms with Gasteiger partial charge in [-0.3, -0.25) is 9.59 Å². The second-order valence-electron chi connectivity index (χ2n) is 6.24. The van der Waals surface area contributed by atoms with Gasteiger partial charge in [-0.25, -0.2) is 0 Å². The van der Waals surface area contributed by atoms with E-state index in [1.165, 1.54) is 11.8 Å². The van der Waals surface area contributed by atoms with Crippen molar-refractivity contribution in [3.63, 3.8) is 0 Å². The summed E-state index contributed by atoms with van der Waals surface area (Å²) >= 11 is 7.38. The van der Waals surface area contributed by atoms with Crippen LogP contribution in [0.15, 0.2) is 29.2 Å². The van der Waals surface area contributed by atoms with Crippen LogP contribution in [0.1, 0.15) is 26.2 Å². The predicted molar refractivity (Wildman–Crippen MR) is 106 cm³/mol. The fraction of sp³-hybridized carbons (Fsp3) is 0.579. The summed E-state index contributed by atoms with van der Waals surface area (Å²) in [5.74, 6) is 0.648. The van der Waals surface area contributed by atoms with Crippen molar-refractivity contribution in [3.05, 3.63) is 29.3 Å². The van der Waals surface area contributed by atoms with Crippen LogP contribution in [0.4, 0.5) is 0 Å². The maximum absolute atomic E-state index is 12.4. The lowest BCUT2D eigenvalue weighted by atomic mass is 9.96. The van der Waals surface area contributed by atoms with E-state index >= 15 is 0 Å². The predicted octanol–water partition coefficient (Wildman–Crippen LogP) is 3.21. The molecule has 5 nitrogen and oxygen atoms in total. The number of benzene rings is 1. The molecule has 0 unspecified atom stereocenters. The Morgan fingerprint density at radius 1 is 1.27 bits per heavy atom. The first kappa shape index (κ1) is 21.1. The van der Waals surface area contributed by atoms with E-state index in [2.05, 4.69) is 5.32 Å². The Balaban J connectivity index is 1.64. The summed E-state index contributed by atoms with van der Waals surface area (Å²) in [7, 11) is 0. The highest BCUT2D eigenvalue weighted by atomic mass is 35.5. The normalized spacial score (nSPS) is 15.1. The highest BCUT2D eigenvalue weighted by Crippen LogP contribution is 2.22. The van der Waals surface area contributed by atoms with E-state index in [1.54, 1.807) is 0 Å². The number of thioether (sulfide) groups is 1. The molecule has 2 amide bonds. The summed E-state index contributed by atoms with van der Waals surface area (Å²) in [6, 6.07) is 7.49. The molecule has 0 atom stereocenters. The van der Waals surface area contributed by atoms with Gasteiger partial charge in [0.15, 0.2) is 0 Å². The molecule has 0 saturated carbocycles. The van der Waals surface area contributed by atoms with E-state index in [1.807, 2.05) is 36.1 Å². The number of carbonyl (C=O) groups excluding carboxylic acids is 2. The molecule has 1 aliphatic rings. The average molecular weight is 399 g/mol. The number of ether oxygens (including phenoxy) is 1. The summed E-state index contributed by atoms with van der Waals surface area (Å²) in [6.07, 6.45) is 2.29. The standard InChI is InChI=1S/C19H27ClN2O3S/c1-2-25-13-3-10-21-19(24)15-8-11-22(12-9-15)18(23)14-26-17-6-4-16(20)5-7-17/h4-7,15H,2-3,8-14H2,1H3,(H,21,24). The third kappa shape index (κ3) is 7.17. The second kappa shape index (κ2) is 11.5. The van der Waals surface area contributed by atoms with Crippen molar-refractivity contribution in [1.29, 1.82) is 0 Å². The number of nitrogens with zero attached hydrogens (tertiary/aromatic N) is 1. The zero-order valence-electron chi connectivity index (χ0n) is 15.2. The lowest BCUT2D eigenvalue weighted by Crippen LogP contribution is -2.43. The molecule has 1 N–H and O–H groups in total. The van der Waals surface area contributed by atoms with Gasteiger partial charge >= 0.3 is 0 Å². The van der Waals surface area contributed by atoms with Gasteiger partial charge in [0.2, 0.25) is 11.8 Å². The minimum atomic E-state index is 0.00932. The number of nitrogens with one attached hydrogen (secondary N) is 1. The fourth-order valence-electron chi connectivity index (χ4n) is 2.83. The van der Waals surface area contributed by atoms with Gasteiger partial charge in [-0.2, -0.15) is 0 Å². The quantitative estimate of drug-likeness (QED) is 0.512. The van der Waals surface area contributed by atoms with Crippen LogP contribution in [0.5, 0.6) is 0 Å². The highest BCUT2D eigenvalue weighted by molar-refractivity contribution is 8.00. The first-order chi connectivity index (χ1) is 12.6. The number of hydrogen-bond acceptors (Lipinski definition) is 4. The molecule has 1 heterocycles. The van der Waals surface area contributed by atoms with Crippen LogP contribution < -0.4 is 5.32 Å². The van der Waals surface area contributed by atoms with Crippen LogP contribution in [0.3, 0.4) is 0 Å². The number of piperidine rings is 1. The molecule has 0 bridgehead atoms. The van der Waals surface area contributed by atoms with Gasteiger partial charge in [0.05, 0.1) is 5.75 Å². The molecule has 0 spiro atoms. The zero-order chi connectivity index (χ0) is 18.8. The van der Waals surface area contributed by atoms with E-state index in [0.717, 1.165) is 24.2 Å². The molecule has 1 aromatic rings. The van der Waals surface area contributed by atoms with Gasteiger partial charge in [-0.1, -0.05) is 11.6 Å². The van der Waals surface area contributed by atoms with Crippen molar-refractivity contribution in [3.8, 4) is 0 Å². The Morgan fingerprint density at radius 2 is 1.96 bits per heavy atom. The minimum absolute atomic E-state index is 0.00932.